The quantitative estimate of drug-likeness (QED) is 0.452. The fraction of sp³-hybridized carbons (Fsp3) is 0.750. The molecule has 0 aromatic heterocycles. The van der Waals surface area contributed by atoms with Crippen LogP contribution in [0.3, 0.4) is 0 Å². The fourth-order valence-electron chi connectivity index (χ4n) is 0.209. The molecule has 0 rings (SSSR count). The summed E-state index contributed by atoms with van der Waals surface area (Å²) in [4.78, 5) is 9.87. The fourth-order valence-corrected chi connectivity index (χ4v) is 0.510. The van der Waals surface area contributed by atoms with Crippen molar-refractivity contribution in [3.05, 3.63) is 0 Å². The Bertz CT molecular complexity index is 86.1. The topological polar surface area (TPSA) is 17.1 Å². The Morgan fingerprint density at radius 3 is 2.38 bits per heavy atom. The van der Waals surface area contributed by atoms with Gasteiger partial charge in [-0.1, -0.05) is 0 Å². The van der Waals surface area contributed by atoms with Gasteiger partial charge in [-0.15, -0.1) is 11.6 Å². The molecule has 1 unspecified atom stereocenters. The highest BCUT2D eigenvalue weighted by atomic mass is 35.5. The van der Waals surface area contributed by atoms with Crippen LogP contribution in [0.15, 0.2) is 0 Å². The van der Waals surface area contributed by atoms with Crippen molar-refractivity contribution in [2.45, 2.75) is 12.6 Å². The van der Waals surface area contributed by atoms with Crippen LogP contribution < -0.4 is 0 Å². The number of carbonyl (C=O) groups excluding carboxylic acids is 1. The predicted molar refractivity (Wildman–Crippen MR) is 31.1 cm³/mol. The van der Waals surface area contributed by atoms with E-state index in [0.717, 1.165) is 0 Å². The molecule has 0 aromatic carbocycles. The molecule has 1 atom stereocenters. The summed E-state index contributed by atoms with van der Waals surface area (Å²) in [7, 11) is 0. The number of rotatable bonds is 3. The van der Waals surface area contributed by atoms with E-state index in [4.69, 9.17) is 23.2 Å². The lowest BCUT2D eigenvalue weighted by Crippen LogP contribution is -2.08. The molecule has 0 heterocycles. The molecular formula is C4H5Cl2FO. The van der Waals surface area contributed by atoms with Gasteiger partial charge >= 0.3 is 0 Å². The summed E-state index contributed by atoms with van der Waals surface area (Å²) < 4.78 is 12.0. The van der Waals surface area contributed by atoms with Crippen LogP contribution in [0, 0.1) is 0 Å². The molecule has 0 aliphatic carbocycles. The Labute approximate surface area is 56.8 Å². The third-order valence-electron chi connectivity index (χ3n) is 0.609. The Balaban J connectivity index is 3.32. The molecule has 1 nitrogen and oxygen atoms in total. The average molecular weight is 159 g/mol. The van der Waals surface area contributed by atoms with Crippen molar-refractivity contribution in [3.63, 3.8) is 0 Å². The summed E-state index contributed by atoms with van der Waals surface area (Å²) in [5.41, 5.74) is 0. The van der Waals surface area contributed by atoms with Crippen LogP contribution in [0.5, 0.6) is 0 Å². The second-order valence-electron chi connectivity index (χ2n) is 1.25. The van der Waals surface area contributed by atoms with Crippen molar-refractivity contribution in [2.24, 2.45) is 0 Å². The molecule has 0 spiro atoms. The highest BCUT2D eigenvalue weighted by Crippen LogP contribution is 2.02. The highest BCUT2D eigenvalue weighted by molar-refractivity contribution is 6.64. The van der Waals surface area contributed by atoms with Crippen molar-refractivity contribution in [1.29, 1.82) is 0 Å². The Kier molecular flexibility index (Phi) is 4.19. The molecule has 0 aliphatic heterocycles. The third kappa shape index (κ3) is 3.22. The smallest absolute Gasteiger partial charge is 0.255 e. The normalized spacial score (nSPS) is 13.4. The summed E-state index contributed by atoms with van der Waals surface area (Å²) in [6, 6.07) is 0. The van der Waals surface area contributed by atoms with Gasteiger partial charge in [-0.25, -0.2) is 4.39 Å². The van der Waals surface area contributed by atoms with E-state index < -0.39 is 11.4 Å². The lowest BCUT2D eigenvalue weighted by Gasteiger charge is -1.94. The number of alkyl halides is 2. The van der Waals surface area contributed by atoms with E-state index in [1.54, 1.807) is 0 Å². The zero-order chi connectivity index (χ0) is 6.57. The van der Waals surface area contributed by atoms with Crippen LogP contribution in [-0.2, 0) is 4.79 Å². The second-order valence-corrected chi connectivity index (χ2v) is 2.00. The first kappa shape index (κ1) is 8.18. The Hall–Kier alpha value is 0.180. The van der Waals surface area contributed by atoms with E-state index in [2.05, 4.69) is 0 Å². The van der Waals surface area contributed by atoms with Gasteiger partial charge in [0.25, 0.3) is 5.24 Å². The summed E-state index contributed by atoms with van der Waals surface area (Å²) in [6.45, 7) is 0. The first-order valence-corrected chi connectivity index (χ1v) is 2.99. The van der Waals surface area contributed by atoms with Gasteiger partial charge in [0.05, 0.1) is 0 Å². The molecule has 0 bridgehead atoms. The molecule has 0 amide bonds. The number of hydrogen-bond donors (Lipinski definition) is 0. The maximum absolute atomic E-state index is 12.0. The van der Waals surface area contributed by atoms with Gasteiger partial charge < -0.3 is 0 Å². The molecule has 0 aliphatic rings. The van der Waals surface area contributed by atoms with E-state index in [1.807, 2.05) is 0 Å². The van der Waals surface area contributed by atoms with Crippen LogP contribution in [0.1, 0.15) is 6.42 Å². The number of halogens is 3. The van der Waals surface area contributed by atoms with E-state index in [-0.39, 0.29) is 12.3 Å². The minimum atomic E-state index is -1.59. The molecule has 0 saturated heterocycles. The summed E-state index contributed by atoms with van der Waals surface area (Å²) in [5, 5.41) is -0.967. The van der Waals surface area contributed by atoms with E-state index >= 15 is 0 Å². The molecule has 4 heteroatoms. The van der Waals surface area contributed by atoms with Crippen molar-refractivity contribution in [1.82, 2.24) is 0 Å². The molecule has 0 N–H and O–H groups in total. The standard InChI is InChI=1S/C4H5Cl2FO/c5-2-1-3(7)4(6)8/h3H,1-2H2. The summed E-state index contributed by atoms with van der Waals surface area (Å²) in [6.07, 6.45) is -1.58. The molecule has 0 saturated carbocycles. The van der Waals surface area contributed by atoms with E-state index in [9.17, 15) is 9.18 Å². The maximum atomic E-state index is 12.0. The number of hydrogen-bond acceptors (Lipinski definition) is 1. The zero-order valence-corrected chi connectivity index (χ0v) is 5.55. The minimum Gasteiger partial charge on any atom is -0.278 e. The van der Waals surface area contributed by atoms with Gasteiger partial charge in [-0.2, -0.15) is 0 Å². The average Bonchev–Trinajstić information content (AvgIpc) is 1.67. The monoisotopic (exact) mass is 158 g/mol. The summed E-state index contributed by atoms with van der Waals surface area (Å²) in [5.74, 6) is 0.125. The number of carbonyl (C=O) groups is 1. The highest BCUT2D eigenvalue weighted by Gasteiger charge is 2.12. The van der Waals surface area contributed by atoms with Crippen molar-refractivity contribution in [2.75, 3.05) is 5.88 Å². The predicted octanol–water partition coefficient (Wildman–Crippen LogP) is 1.72. The van der Waals surface area contributed by atoms with Gasteiger partial charge in [-0.05, 0) is 11.6 Å². The minimum absolute atomic E-state index is 0.00386. The lowest BCUT2D eigenvalue weighted by molar-refractivity contribution is -0.116. The van der Waals surface area contributed by atoms with Crippen LogP contribution in [-0.4, -0.2) is 17.3 Å². The van der Waals surface area contributed by atoms with Crippen LogP contribution >= 0.6 is 23.2 Å². The van der Waals surface area contributed by atoms with Gasteiger partial charge in [0.2, 0.25) is 0 Å². The first-order valence-electron chi connectivity index (χ1n) is 2.08. The van der Waals surface area contributed by atoms with Gasteiger partial charge in [0, 0.05) is 12.3 Å². The van der Waals surface area contributed by atoms with Crippen molar-refractivity contribution >= 4 is 28.4 Å². The first-order chi connectivity index (χ1) is 3.68. The van der Waals surface area contributed by atoms with E-state index in [0.29, 0.717) is 0 Å². The van der Waals surface area contributed by atoms with Gasteiger partial charge in [-0.3, -0.25) is 4.79 Å². The van der Waals surface area contributed by atoms with Crippen LogP contribution in [0.25, 0.3) is 0 Å². The Morgan fingerprint density at radius 2 is 2.25 bits per heavy atom. The third-order valence-corrected chi connectivity index (χ3v) is 1.06. The van der Waals surface area contributed by atoms with Crippen molar-refractivity contribution in [3.8, 4) is 0 Å². The lowest BCUT2D eigenvalue weighted by atomic mass is 10.3. The molecule has 0 aromatic rings. The molecule has 48 valence electrons. The maximum Gasteiger partial charge on any atom is 0.255 e. The molecule has 0 radical (unpaired) electrons. The molecule has 8 heavy (non-hydrogen) atoms. The van der Waals surface area contributed by atoms with Crippen molar-refractivity contribution < 1.29 is 9.18 Å². The largest absolute Gasteiger partial charge is 0.278 e. The summed E-state index contributed by atoms with van der Waals surface area (Å²) >= 11 is 9.82. The molecular weight excluding hydrogens is 154 g/mol. The Morgan fingerprint density at radius 1 is 1.75 bits per heavy atom. The molecule has 0 fully saturated rings. The second kappa shape index (κ2) is 4.10. The van der Waals surface area contributed by atoms with Crippen LogP contribution in [0.2, 0.25) is 0 Å². The zero-order valence-electron chi connectivity index (χ0n) is 4.03. The van der Waals surface area contributed by atoms with Crippen LogP contribution in [0.4, 0.5) is 4.39 Å². The van der Waals surface area contributed by atoms with E-state index in [1.165, 1.54) is 0 Å². The van der Waals surface area contributed by atoms with Gasteiger partial charge in [0.15, 0.2) is 6.17 Å². The van der Waals surface area contributed by atoms with Gasteiger partial charge in [0.1, 0.15) is 0 Å². The SMILES string of the molecule is O=C(Cl)C(F)CCCl.